The first-order chi connectivity index (χ1) is 14.5. The number of carbonyl (C=O) groups is 2. The summed E-state index contributed by atoms with van der Waals surface area (Å²) in [6.45, 7) is 7.11. The molecule has 1 aromatic heterocycles. The molecule has 2 amide bonds. The minimum absolute atomic E-state index is 0.000436. The highest BCUT2D eigenvalue weighted by molar-refractivity contribution is 5.98. The van der Waals surface area contributed by atoms with Gasteiger partial charge in [0.15, 0.2) is 0 Å². The van der Waals surface area contributed by atoms with Crippen molar-refractivity contribution < 1.29 is 14.0 Å². The predicted molar refractivity (Wildman–Crippen MR) is 114 cm³/mol. The van der Waals surface area contributed by atoms with Crippen molar-refractivity contribution in [2.75, 3.05) is 42.5 Å². The number of anilines is 2. The van der Waals surface area contributed by atoms with Crippen LogP contribution in [0.5, 0.6) is 0 Å². The SMILES string of the molecule is CCc1cnc(N2CCN(C(=O)c3ccc(N4CCCC4=O)cc3F)CC2)c(C)c1. The Hall–Kier alpha value is -2.96. The monoisotopic (exact) mass is 410 g/mol. The molecule has 2 saturated heterocycles. The zero-order valence-corrected chi connectivity index (χ0v) is 17.5. The second kappa shape index (κ2) is 8.42. The molecule has 0 aliphatic carbocycles. The summed E-state index contributed by atoms with van der Waals surface area (Å²) in [6, 6.07) is 6.62. The number of pyridine rings is 1. The summed E-state index contributed by atoms with van der Waals surface area (Å²) in [7, 11) is 0. The van der Waals surface area contributed by atoms with Gasteiger partial charge in [-0.3, -0.25) is 9.59 Å². The number of hydrogen-bond donors (Lipinski definition) is 0. The fraction of sp³-hybridized carbons (Fsp3) is 0.435. The Balaban J connectivity index is 1.42. The Morgan fingerprint density at radius 2 is 1.90 bits per heavy atom. The average Bonchev–Trinajstić information content (AvgIpc) is 3.19. The molecule has 0 radical (unpaired) electrons. The molecule has 30 heavy (non-hydrogen) atoms. The largest absolute Gasteiger partial charge is 0.353 e. The number of carbonyl (C=O) groups excluding carboxylic acids is 2. The van der Waals surface area contributed by atoms with Crippen LogP contribution in [0.2, 0.25) is 0 Å². The van der Waals surface area contributed by atoms with Gasteiger partial charge in [-0.05, 0) is 49.1 Å². The van der Waals surface area contributed by atoms with Crippen molar-refractivity contribution in [1.82, 2.24) is 9.88 Å². The summed E-state index contributed by atoms with van der Waals surface area (Å²) in [4.78, 5) is 34.8. The van der Waals surface area contributed by atoms with Gasteiger partial charge in [0.25, 0.3) is 5.91 Å². The Labute approximate surface area is 176 Å². The standard InChI is InChI=1S/C23H27FN4O2/c1-3-17-13-16(2)22(25-15-17)26-9-11-27(12-10-26)23(30)19-7-6-18(14-20(19)24)28-8-4-5-21(28)29/h6-7,13-15H,3-5,8-12H2,1-2H3. The molecule has 7 heteroatoms. The second-order valence-corrected chi connectivity index (χ2v) is 7.93. The number of rotatable bonds is 4. The first-order valence-corrected chi connectivity index (χ1v) is 10.6. The molecular formula is C23H27FN4O2. The molecule has 1 aromatic carbocycles. The van der Waals surface area contributed by atoms with E-state index in [1.54, 1.807) is 15.9 Å². The number of amides is 2. The van der Waals surface area contributed by atoms with E-state index in [0.29, 0.717) is 44.8 Å². The molecule has 2 fully saturated rings. The van der Waals surface area contributed by atoms with Crippen LogP contribution in [0.25, 0.3) is 0 Å². The molecule has 158 valence electrons. The van der Waals surface area contributed by atoms with E-state index in [0.717, 1.165) is 24.2 Å². The molecule has 0 saturated carbocycles. The Kier molecular flexibility index (Phi) is 5.70. The molecule has 0 unspecified atom stereocenters. The van der Waals surface area contributed by atoms with Crippen LogP contribution in [0.3, 0.4) is 0 Å². The van der Waals surface area contributed by atoms with Crippen LogP contribution in [-0.4, -0.2) is 54.4 Å². The number of piperazine rings is 1. The van der Waals surface area contributed by atoms with Gasteiger partial charge in [-0.25, -0.2) is 9.37 Å². The average molecular weight is 410 g/mol. The molecule has 6 nitrogen and oxygen atoms in total. The molecule has 2 aliphatic heterocycles. The quantitative estimate of drug-likeness (QED) is 0.777. The molecule has 0 spiro atoms. The molecule has 0 atom stereocenters. The lowest BCUT2D eigenvalue weighted by atomic mass is 10.1. The third kappa shape index (κ3) is 3.88. The molecule has 3 heterocycles. The van der Waals surface area contributed by atoms with E-state index in [1.807, 2.05) is 6.20 Å². The molecule has 2 aromatic rings. The Bertz CT molecular complexity index is 970. The Morgan fingerprint density at radius 3 is 2.50 bits per heavy atom. The number of aryl methyl sites for hydroxylation is 2. The summed E-state index contributed by atoms with van der Waals surface area (Å²) in [5.41, 5.74) is 2.92. The van der Waals surface area contributed by atoms with Crippen LogP contribution in [0.1, 0.15) is 41.3 Å². The highest BCUT2D eigenvalue weighted by Gasteiger charge is 2.27. The van der Waals surface area contributed by atoms with Crippen molar-refractivity contribution in [3.8, 4) is 0 Å². The fourth-order valence-corrected chi connectivity index (χ4v) is 4.21. The summed E-state index contributed by atoms with van der Waals surface area (Å²) < 4.78 is 14.7. The third-order valence-corrected chi connectivity index (χ3v) is 5.95. The second-order valence-electron chi connectivity index (χ2n) is 7.93. The van der Waals surface area contributed by atoms with Crippen molar-refractivity contribution in [1.29, 1.82) is 0 Å². The van der Waals surface area contributed by atoms with Crippen molar-refractivity contribution in [3.63, 3.8) is 0 Å². The van der Waals surface area contributed by atoms with Crippen LogP contribution >= 0.6 is 0 Å². The maximum absolute atomic E-state index is 14.7. The molecule has 2 aliphatic rings. The lowest BCUT2D eigenvalue weighted by molar-refractivity contribution is -0.117. The van der Waals surface area contributed by atoms with E-state index < -0.39 is 5.82 Å². The van der Waals surface area contributed by atoms with E-state index >= 15 is 0 Å². The van der Waals surface area contributed by atoms with Gasteiger partial charge in [0.2, 0.25) is 5.91 Å². The van der Waals surface area contributed by atoms with Gasteiger partial charge in [-0.1, -0.05) is 13.0 Å². The number of hydrogen-bond acceptors (Lipinski definition) is 4. The highest BCUT2D eigenvalue weighted by Crippen LogP contribution is 2.25. The molecule has 0 N–H and O–H groups in total. The highest BCUT2D eigenvalue weighted by atomic mass is 19.1. The zero-order valence-electron chi connectivity index (χ0n) is 17.5. The summed E-state index contributed by atoms with van der Waals surface area (Å²) >= 11 is 0. The van der Waals surface area contributed by atoms with Crippen molar-refractivity contribution in [2.45, 2.75) is 33.1 Å². The van der Waals surface area contributed by atoms with E-state index in [-0.39, 0.29) is 17.4 Å². The normalized spacial score (nSPS) is 17.0. The van der Waals surface area contributed by atoms with Crippen LogP contribution in [0.15, 0.2) is 30.5 Å². The van der Waals surface area contributed by atoms with E-state index in [9.17, 15) is 14.0 Å². The lowest BCUT2D eigenvalue weighted by Crippen LogP contribution is -2.49. The van der Waals surface area contributed by atoms with Gasteiger partial charge < -0.3 is 14.7 Å². The van der Waals surface area contributed by atoms with Gasteiger partial charge in [-0.15, -0.1) is 0 Å². The van der Waals surface area contributed by atoms with Gasteiger partial charge in [-0.2, -0.15) is 0 Å². The van der Waals surface area contributed by atoms with Crippen LogP contribution in [0, 0.1) is 12.7 Å². The maximum Gasteiger partial charge on any atom is 0.256 e. The first-order valence-electron chi connectivity index (χ1n) is 10.6. The summed E-state index contributed by atoms with van der Waals surface area (Å²) in [6.07, 6.45) is 4.12. The van der Waals surface area contributed by atoms with E-state index in [4.69, 9.17) is 0 Å². The van der Waals surface area contributed by atoms with Crippen LogP contribution < -0.4 is 9.80 Å². The topological polar surface area (TPSA) is 56.8 Å². The first kappa shape index (κ1) is 20.3. The molecular weight excluding hydrogens is 383 g/mol. The van der Waals surface area contributed by atoms with Crippen molar-refractivity contribution in [2.24, 2.45) is 0 Å². The van der Waals surface area contributed by atoms with Gasteiger partial charge >= 0.3 is 0 Å². The van der Waals surface area contributed by atoms with Gasteiger partial charge in [0, 0.05) is 51.0 Å². The minimum atomic E-state index is -0.577. The predicted octanol–water partition coefficient (Wildman–Crippen LogP) is 3.18. The minimum Gasteiger partial charge on any atom is -0.353 e. The lowest BCUT2D eigenvalue weighted by Gasteiger charge is -2.36. The zero-order chi connectivity index (χ0) is 21.3. The van der Waals surface area contributed by atoms with Crippen molar-refractivity contribution in [3.05, 3.63) is 53.0 Å². The molecule has 4 rings (SSSR count). The number of benzene rings is 1. The molecule has 0 bridgehead atoms. The third-order valence-electron chi connectivity index (χ3n) is 5.95. The van der Waals surface area contributed by atoms with Crippen molar-refractivity contribution >= 4 is 23.3 Å². The van der Waals surface area contributed by atoms with Crippen LogP contribution in [-0.2, 0) is 11.2 Å². The number of nitrogens with zero attached hydrogens (tertiary/aromatic N) is 4. The summed E-state index contributed by atoms with van der Waals surface area (Å²) in [5.74, 6) is 0.0651. The fourth-order valence-electron chi connectivity index (χ4n) is 4.21. The van der Waals surface area contributed by atoms with Crippen LogP contribution in [0.4, 0.5) is 15.9 Å². The number of halogens is 1. The maximum atomic E-state index is 14.7. The summed E-state index contributed by atoms with van der Waals surface area (Å²) in [5, 5.41) is 0. The number of aromatic nitrogens is 1. The van der Waals surface area contributed by atoms with E-state index in [1.165, 1.54) is 17.7 Å². The van der Waals surface area contributed by atoms with Gasteiger partial charge in [0.1, 0.15) is 11.6 Å². The smallest absolute Gasteiger partial charge is 0.256 e. The van der Waals surface area contributed by atoms with E-state index in [2.05, 4.69) is 29.8 Å². The van der Waals surface area contributed by atoms with Gasteiger partial charge in [0.05, 0.1) is 5.56 Å². The Morgan fingerprint density at radius 1 is 1.13 bits per heavy atom.